The van der Waals surface area contributed by atoms with Crippen LogP contribution in [0.15, 0.2) is 42.5 Å². The van der Waals surface area contributed by atoms with Gasteiger partial charge in [0.05, 0.1) is 26.0 Å². The fourth-order valence-electron chi connectivity index (χ4n) is 3.94. The van der Waals surface area contributed by atoms with Crippen LogP contribution in [0.3, 0.4) is 0 Å². The maximum absolute atomic E-state index is 13.8. The molecule has 33 heavy (non-hydrogen) atoms. The number of aromatic nitrogens is 1. The molecule has 1 unspecified atom stereocenters. The molecule has 1 aliphatic heterocycles. The maximum atomic E-state index is 13.8. The third kappa shape index (κ3) is 5.34. The predicted molar refractivity (Wildman–Crippen MR) is 126 cm³/mol. The highest BCUT2D eigenvalue weighted by Gasteiger charge is 2.27. The lowest BCUT2D eigenvalue weighted by Gasteiger charge is -2.25. The standard InChI is InChI=1S/C25H27FN2O4S/c1-16-23(33-24(27-16)18-9-10-21(30-2)22(13-18)31-3)25(29)28(15-20-8-5-11-32-20)14-17-6-4-7-19(26)12-17/h4,6-7,9-10,12-13,20H,5,8,11,14-15H2,1-3H3. The molecule has 1 atom stereocenters. The Bertz CT molecular complexity index is 1130. The van der Waals surface area contributed by atoms with Crippen LogP contribution in [0.1, 0.15) is 33.8 Å². The topological polar surface area (TPSA) is 60.9 Å². The summed E-state index contributed by atoms with van der Waals surface area (Å²) in [7, 11) is 3.17. The van der Waals surface area contributed by atoms with E-state index in [0.717, 1.165) is 29.0 Å². The van der Waals surface area contributed by atoms with Crippen LogP contribution in [0.25, 0.3) is 10.6 Å². The summed E-state index contributed by atoms with van der Waals surface area (Å²) in [5.41, 5.74) is 2.24. The average Bonchev–Trinajstić information content (AvgIpc) is 3.47. The Morgan fingerprint density at radius 1 is 1.21 bits per heavy atom. The second kappa shape index (κ2) is 10.3. The smallest absolute Gasteiger partial charge is 0.266 e. The number of halogens is 1. The highest BCUT2D eigenvalue weighted by atomic mass is 32.1. The van der Waals surface area contributed by atoms with Crippen LogP contribution >= 0.6 is 11.3 Å². The molecule has 4 rings (SSSR count). The molecule has 2 aromatic carbocycles. The maximum Gasteiger partial charge on any atom is 0.266 e. The summed E-state index contributed by atoms with van der Waals surface area (Å²) in [6, 6.07) is 11.9. The molecule has 0 N–H and O–H groups in total. The largest absolute Gasteiger partial charge is 0.493 e. The summed E-state index contributed by atoms with van der Waals surface area (Å²) in [5, 5.41) is 0.722. The third-order valence-corrected chi connectivity index (χ3v) is 6.81. The highest BCUT2D eigenvalue weighted by molar-refractivity contribution is 7.17. The Morgan fingerprint density at radius 2 is 2.03 bits per heavy atom. The van der Waals surface area contributed by atoms with Crippen LogP contribution in [-0.4, -0.2) is 49.3 Å². The van der Waals surface area contributed by atoms with E-state index in [1.165, 1.54) is 23.5 Å². The Labute approximate surface area is 196 Å². The minimum Gasteiger partial charge on any atom is -0.493 e. The SMILES string of the molecule is COc1ccc(-c2nc(C)c(C(=O)N(Cc3cccc(F)c3)CC3CCCO3)s2)cc1OC. The summed E-state index contributed by atoms with van der Waals surface area (Å²) in [6.45, 7) is 3.30. The van der Waals surface area contributed by atoms with E-state index in [1.54, 1.807) is 25.2 Å². The second-order valence-corrected chi connectivity index (χ2v) is 8.95. The molecule has 0 spiro atoms. The van der Waals surface area contributed by atoms with Gasteiger partial charge < -0.3 is 19.1 Å². The number of rotatable bonds is 8. The van der Waals surface area contributed by atoms with Gasteiger partial charge in [-0.15, -0.1) is 11.3 Å². The zero-order valence-electron chi connectivity index (χ0n) is 19.0. The Balaban J connectivity index is 1.62. The number of aryl methyl sites for hydroxylation is 1. The first-order valence-corrected chi connectivity index (χ1v) is 11.6. The van der Waals surface area contributed by atoms with Crippen molar-refractivity contribution >= 4 is 17.2 Å². The van der Waals surface area contributed by atoms with Crippen LogP contribution in [0, 0.1) is 12.7 Å². The van der Waals surface area contributed by atoms with Crippen molar-refractivity contribution in [1.82, 2.24) is 9.88 Å². The first kappa shape index (κ1) is 23.2. The van der Waals surface area contributed by atoms with Crippen LogP contribution in [-0.2, 0) is 11.3 Å². The van der Waals surface area contributed by atoms with Gasteiger partial charge in [0.1, 0.15) is 15.7 Å². The fourth-order valence-corrected chi connectivity index (χ4v) is 4.97. The van der Waals surface area contributed by atoms with E-state index in [-0.39, 0.29) is 17.8 Å². The molecule has 0 radical (unpaired) electrons. The summed E-state index contributed by atoms with van der Waals surface area (Å²) < 4.78 is 30.3. The highest BCUT2D eigenvalue weighted by Crippen LogP contribution is 2.35. The monoisotopic (exact) mass is 470 g/mol. The van der Waals surface area contributed by atoms with Crippen LogP contribution in [0.4, 0.5) is 4.39 Å². The van der Waals surface area contributed by atoms with E-state index in [0.29, 0.717) is 41.8 Å². The van der Waals surface area contributed by atoms with E-state index in [2.05, 4.69) is 4.98 Å². The Hall–Kier alpha value is -2.97. The van der Waals surface area contributed by atoms with Crippen molar-refractivity contribution in [3.8, 4) is 22.1 Å². The summed E-state index contributed by atoms with van der Waals surface area (Å²) >= 11 is 1.34. The number of methoxy groups -OCH3 is 2. The molecule has 6 nitrogen and oxygen atoms in total. The van der Waals surface area contributed by atoms with Crippen LogP contribution in [0.5, 0.6) is 11.5 Å². The van der Waals surface area contributed by atoms with Gasteiger partial charge in [0.25, 0.3) is 5.91 Å². The summed E-state index contributed by atoms with van der Waals surface area (Å²) in [5.74, 6) is 0.781. The Morgan fingerprint density at radius 3 is 2.73 bits per heavy atom. The molecule has 174 valence electrons. The van der Waals surface area contributed by atoms with Gasteiger partial charge in [0.15, 0.2) is 11.5 Å². The third-order valence-electron chi connectivity index (χ3n) is 5.62. The van der Waals surface area contributed by atoms with Gasteiger partial charge in [0.2, 0.25) is 0 Å². The predicted octanol–water partition coefficient (Wildman–Crippen LogP) is 5.10. The molecule has 1 aromatic heterocycles. The number of carbonyl (C=O) groups is 1. The van der Waals surface area contributed by atoms with Crippen molar-refractivity contribution in [2.24, 2.45) is 0 Å². The van der Waals surface area contributed by atoms with Crippen molar-refractivity contribution in [2.45, 2.75) is 32.4 Å². The molecule has 1 amide bonds. The summed E-state index contributed by atoms with van der Waals surface area (Å²) in [6.07, 6.45) is 1.88. The molecule has 3 aromatic rings. The fraction of sp³-hybridized carbons (Fsp3) is 0.360. The zero-order chi connectivity index (χ0) is 23.4. The number of benzene rings is 2. The van der Waals surface area contributed by atoms with Crippen molar-refractivity contribution in [3.05, 3.63) is 64.4 Å². The molecular formula is C25H27FN2O4S. The van der Waals surface area contributed by atoms with Crippen molar-refractivity contribution in [2.75, 3.05) is 27.4 Å². The lowest BCUT2D eigenvalue weighted by molar-refractivity contribution is 0.0510. The zero-order valence-corrected chi connectivity index (χ0v) is 19.8. The quantitative estimate of drug-likeness (QED) is 0.459. The molecule has 1 aliphatic rings. The molecule has 2 heterocycles. The minimum absolute atomic E-state index is 0.0129. The van der Waals surface area contributed by atoms with Gasteiger partial charge in [0, 0.05) is 25.3 Å². The van der Waals surface area contributed by atoms with Crippen molar-refractivity contribution < 1.29 is 23.4 Å². The molecular weight excluding hydrogens is 443 g/mol. The number of nitrogens with zero attached hydrogens (tertiary/aromatic N) is 2. The molecule has 0 bridgehead atoms. The number of thiazole rings is 1. The number of carbonyl (C=O) groups excluding carboxylic acids is 1. The summed E-state index contributed by atoms with van der Waals surface area (Å²) in [4.78, 5) is 20.6. The van der Waals surface area contributed by atoms with Gasteiger partial charge in [-0.3, -0.25) is 4.79 Å². The first-order chi connectivity index (χ1) is 16.0. The molecule has 0 saturated carbocycles. The van der Waals surface area contributed by atoms with Gasteiger partial charge in [-0.25, -0.2) is 9.37 Å². The average molecular weight is 471 g/mol. The van der Waals surface area contributed by atoms with E-state index >= 15 is 0 Å². The lowest BCUT2D eigenvalue weighted by atomic mass is 10.1. The first-order valence-electron chi connectivity index (χ1n) is 10.8. The molecule has 0 aliphatic carbocycles. The van der Waals surface area contributed by atoms with Crippen molar-refractivity contribution in [1.29, 1.82) is 0 Å². The van der Waals surface area contributed by atoms with E-state index in [9.17, 15) is 9.18 Å². The van der Waals surface area contributed by atoms with Gasteiger partial charge in [-0.05, 0) is 55.7 Å². The van der Waals surface area contributed by atoms with Crippen molar-refractivity contribution in [3.63, 3.8) is 0 Å². The molecule has 8 heteroatoms. The normalized spacial score (nSPS) is 15.5. The number of ether oxygens (including phenoxy) is 3. The molecule has 1 saturated heterocycles. The Kier molecular flexibility index (Phi) is 7.25. The van der Waals surface area contributed by atoms with E-state index in [1.807, 2.05) is 31.2 Å². The van der Waals surface area contributed by atoms with Crippen LogP contribution < -0.4 is 9.47 Å². The number of amides is 1. The van der Waals surface area contributed by atoms with Gasteiger partial charge in [-0.1, -0.05) is 12.1 Å². The number of hydrogen-bond acceptors (Lipinski definition) is 6. The lowest BCUT2D eigenvalue weighted by Crippen LogP contribution is -2.36. The minimum atomic E-state index is -0.318. The van der Waals surface area contributed by atoms with E-state index in [4.69, 9.17) is 14.2 Å². The van der Waals surface area contributed by atoms with E-state index < -0.39 is 0 Å². The molecule has 1 fully saturated rings. The van der Waals surface area contributed by atoms with Gasteiger partial charge in [-0.2, -0.15) is 0 Å². The second-order valence-electron chi connectivity index (χ2n) is 7.95. The van der Waals surface area contributed by atoms with Crippen LogP contribution in [0.2, 0.25) is 0 Å². The van der Waals surface area contributed by atoms with Gasteiger partial charge >= 0.3 is 0 Å². The number of hydrogen-bond donors (Lipinski definition) is 0.